The third-order valence-corrected chi connectivity index (χ3v) is 13.1. The summed E-state index contributed by atoms with van der Waals surface area (Å²) in [4.78, 5) is 50.0. The van der Waals surface area contributed by atoms with Crippen molar-refractivity contribution in [3.63, 3.8) is 0 Å². The highest BCUT2D eigenvalue weighted by Gasteiger charge is 2.57. The van der Waals surface area contributed by atoms with Crippen LogP contribution in [-0.4, -0.2) is 121 Å². The van der Waals surface area contributed by atoms with Crippen molar-refractivity contribution in [3.8, 4) is 16.9 Å². The summed E-state index contributed by atoms with van der Waals surface area (Å²) < 4.78 is 39.2. The second-order valence-electron chi connectivity index (χ2n) is 17.9. The molecule has 6 rings (SSSR count). The van der Waals surface area contributed by atoms with Crippen LogP contribution in [-0.2, 0) is 38.0 Å². The summed E-state index contributed by atoms with van der Waals surface area (Å²) in [5, 5.41) is 19.2. The lowest BCUT2D eigenvalue weighted by Crippen LogP contribution is -2.61. The number of carbonyl (C=O) groups excluding carboxylic acids is 3. The number of nitrogens with one attached hydrogen (secondary N) is 1. The van der Waals surface area contributed by atoms with Gasteiger partial charge in [0.1, 0.15) is 18.0 Å². The largest absolute Gasteiger partial charge is 0.458 e. The lowest BCUT2D eigenvalue weighted by Gasteiger charge is -2.49. The number of alkyl carbamates (subject to hydrolysis) is 1. The average molecular weight is 836 g/mol. The second-order valence-corrected chi connectivity index (χ2v) is 17.9. The molecule has 330 valence electrons. The van der Waals surface area contributed by atoms with Crippen LogP contribution in [0.4, 0.5) is 4.79 Å². The van der Waals surface area contributed by atoms with Gasteiger partial charge in [-0.05, 0) is 72.7 Å². The van der Waals surface area contributed by atoms with Crippen LogP contribution in [0.5, 0.6) is 5.75 Å². The molecule has 0 saturated carbocycles. The zero-order chi connectivity index (χ0) is 43.5. The standard InChI is InChI=1S/C46H65N3O11/c1-11-36-46(8)40(47-44(53)59-46)28(4)37(50)26(2)24-45(7)41(58-43-38(51)34(49(9)10)23-27(3)56-43)29(5)39(30(6)42(52)57-36)54-25-32(21-22-55-45)48-60-35-20-16-15-19-33(35)31-17-13-12-14-18-31/h12-20,26-30,34,36,38-41,43,51H,11,21-25H2,1-10H3,(H,47,53)/b48-32-/t26-,27-,28+,29+,30-,34+,36-,38-,39+,40-,41-,43+,45-,46-/m1/s1. The number of ether oxygens (including phenoxy) is 6. The number of oxime groups is 1. The van der Waals surface area contributed by atoms with Gasteiger partial charge in [-0.25, -0.2) is 4.79 Å². The Hall–Kier alpha value is -3.92. The molecule has 0 unspecified atom stereocenters. The summed E-state index contributed by atoms with van der Waals surface area (Å²) in [6.07, 6.45) is -4.22. The topological polar surface area (TPSA) is 164 Å². The van der Waals surface area contributed by atoms with E-state index in [2.05, 4.69) is 10.5 Å². The fourth-order valence-corrected chi connectivity index (χ4v) is 9.82. The van der Waals surface area contributed by atoms with Gasteiger partial charge in [0.25, 0.3) is 0 Å². The van der Waals surface area contributed by atoms with Crippen LogP contribution in [0.1, 0.15) is 81.1 Å². The van der Waals surface area contributed by atoms with E-state index in [1.54, 1.807) is 20.8 Å². The lowest BCUT2D eigenvalue weighted by atomic mass is 9.73. The Bertz CT molecular complexity index is 1840. The minimum atomic E-state index is -1.33. The number of carbonyl (C=O) groups is 3. The normalized spacial score (nSPS) is 39.0. The van der Waals surface area contributed by atoms with Crippen molar-refractivity contribution in [1.29, 1.82) is 0 Å². The molecule has 60 heavy (non-hydrogen) atoms. The van der Waals surface area contributed by atoms with E-state index in [9.17, 15) is 19.5 Å². The molecule has 0 spiro atoms. The Morgan fingerprint density at radius 1 is 0.967 bits per heavy atom. The maximum absolute atomic E-state index is 14.6. The van der Waals surface area contributed by atoms with Crippen molar-refractivity contribution < 1.29 is 52.7 Å². The summed E-state index contributed by atoms with van der Waals surface area (Å²) in [5.74, 6) is -2.98. The Morgan fingerprint density at radius 2 is 1.67 bits per heavy atom. The number of hydrogen-bond acceptors (Lipinski definition) is 13. The zero-order valence-corrected chi connectivity index (χ0v) is 36.8. The SMILES string of the molecule is CC[C@H]1OC(=O)[C@H](C)[C@H]2OC/C(=N\Oc3ccccc3-c3ccccc3)CCO[C@](C)(C[C@@H](C)C(=O)[C@H](C)[C@H]3NC(=O)O[C@@]31C)[C@H](O[C@@H]1O[C@H](C)C[C@H](N(C)C)[C@H]1O)[C@H]2C. The highest BCUT2D eigenvalue weighted by atomic mass is 16.7. The van der Waals surface area contributed by atoms with Gasteiger partial charge in [-0.2, -0.15) is 0 Å². The Labute approximate surface area is 354 Å². The molecule has 0 radical (unpaired) electrons. The molecule has 4 fully saturated rings. The lowest BCUT2D eigenvalue weighted by molar-refractivity contribution is -0.304. The summed E-state index contributed by atoms with van der Waals surface area (Å²) in [6, 6.07) is 16.5. The molecular formula is C46H65N3O11. The molecule has 2 aromatic rings. The summed E-state index contributed by atoms with van der Waals surface area (Å²) >= 11 is 0. The van der Waals surface area contributed by atoms with Crippen LogP contribution < -0.4 is 10.2 Å². The number of amides is 1. The van der Waals surface area contributed by atoms with Gasteiger partial charge in [0.15, 0.2) is 17.6 Å². The quantitative estimate of drug-likeness (QED) is 0.241. The van der Waals surface area contributed by atoms with Crippen LogP contribution in [0.3, 0.4) is 0 Å². The highest BCUT2D eigenvalue weighted by molar-refractivity contribution is 5.86. The number of aliphatic hydroxyl groups excluding tert-OH is 1. The first kappa shape index (κ1) is 45.6. The number of benzene rings is 2. The van der Waals surface area contributed by atoms with E-state index < -0.39 is 83.7 Å². The smallest absolute Gasteiger partial charge is 0.408 e. The van der Waals surface area contributed by atoms with Crippen LogP contribution in [0.15, 0.2) is 59.8 Å². The fraction of sp³-hybridized carbons (Fsp3) is 0.652. The maximum atomic E-state index is 14.6. The van der Waals surface area contributed by atoms with E-state index in [-0.39, 0.29) is 37.6 Å². The third kappa shape index (κ3) is 9.59. The number of Topliss-reactive ketones (excluding diaryl/α,β-unsaturated/α-hetero) is 1. The number of nitrogens with zero attached hydrogens (tertiary/aromatic N) is 2. The molecule has 2 aromatic carbocycles. The number of ketones is 1. The predicted octanol–water partition coefficient (Wildman–Crippen LogP) is 6.17. The fourth-order valence-electron chi connectivity index (χ4n) is 9.82. The number of fused-ring (bicyclic) bond motifs is 4. The molecule has 14 atom stereocenters. The van der Waals surface area contributed by atoms with Crippen molar-refractivity contribution in [3.05, 3.63) is 54.6 Å². The molecule has 4 heterocycles. The number of aliphatic hydroxyl groups is 1. The molecule has 14 nitrogen and oxygen atoms in total. The van der Waals surface area contributed by atoms with Gasteiger partial charge in [0, 0.05) is 35.8 Å². The highest BCUT2D eigenvalue weighted by Crippen LogP contribution is 2.42. The van der Waals surface area contributed by atoms with Crippen LogP contribution in [0, 0.1) is 23.7 Å². The first-order valence-electron chi connectivity index (χ1n) is 21.5. The van der Waals surface area contributed by atoms with E-state index in [4.69, 9.17) is 33.3 Å². The zero-order valence-electron chi connectivity index (χ0n) is 36.8. The first-order valence-corrected chi connectivity index (χ1v) is 21.5. The van der Waals surface area contributed by atoms with E-state index >= 15 is 0 Å². The van der Waals surface area contributed by atoms with Crippen molar-refractivity contribution in [2.24, 2.45) is 28.8 Å². The second kappa shape index (κ2) is 19.0. The predicted molar refractivity (Wildman–Crippen MR) is 224 cm³/mol. The Kier molecular flexibility index (Phi) is 14.4. The van der Waals surface area contributed by atoms with E-state index in [0.717, 1.165) is 11.1 Å². The van der Waals surface area contributed by atoms with Crippen LogP contribution in [0.2, 0.25) is 0 Å². The van der Waals surface area contributed by atoms with Gasteiger partial charge in [-0.15, -0.1) is 0 Å². The van der Waals surface area contributed by atoms with Gasteiger partial charge in [0.2, 0.25) is 0 Å². The molecule has 0 aliphatic carbocycles. The first-order chi connectivity index (χ1) is 28.5. The van der Waals surface area contributed by atoms with Crippen LogP contribution in [0.25, 0.3) is 11.1 Å². The molecule has 14 heteroatoms. The van der Waals surface area contributed by atoms with Gasteiger partial charge >= 0.3 is 12.1 Å². The molecule has 2 bridgehead atoms. The van der Waals surface area contributed by atoms with Gasteiger partial charge < -0.3 is 48.6 Å². The Morgan fingerprint density at radius 3 is 2.37 bits per heavy atom. The van der Waals surface area contributed by atoms with E-state index in [1.165, 1.54) is 0 Å². The molecular weight excluding hydrogens is 771 g/mol. The summed E-state index contributed by atoms with van der Waals surface area (Å²) in [7, 11) is 3.82. The van der Waals surface area contributed by atoms with Crippen molar-refractivity contribution in [1.82, 2.24) is 10.2 Å². The number of likely N-dealkylation sites (N-methyl/N-ethyl adjacent to an activating group) is 1. The van der Waals surface area contributed by atoms with E-state index in [1.807, 2.05) is 108 Å². The number of cyclic esters (lactones) is 1. The Balaban J connectivity index is 1.43. The van der Waals surface area contributed by atoms with Crippen LogP contribution >= 0.6 is 0 Å². The van der Waals surface area contributed by atoms with Crippen molar-refractivity contribution >= 4 is 23.6 Å². The van der Waals surface area contributed by atoms with Gasteiger partial charge in [-0.3, -0.25) is 9.59 Å². The number of esters is 1. The number of hydrogen-bond donors (Lipinski definition) is 2. The monoisotopic (exact) mass is 835 g/mol. The molecule has 4 aliphatic heterocycles. The van der Waals surface area contributed by atoms with Crippen molar-refractivity contribution in [2.45, 2.75) is 141 Å². The molecule has 1 amide bonds. The van der Waals surface area contributed by atoms with Gasteiger partial charge in [0.05, 0.1) is 54.8 Å². The molecule has 4 saturated heterocycles. The summed E-state index contributed by atoms with van der Waals surface area (Å²) in [5.41, 5.74) is -0.169. The molecule has 0 aromatic heterocycles. The summed E-state index contributed by atoms with van der Waals surface area (Å²) in [6.45, 7) is 14.8. The van der Waals surface area contributed by atoms with Crippen molar-refractivity contribution in [2.75, 3.05) is 27.3 Å². The minimum absolute atomic E-state index is 0.0137. The van der Waals surface area contributed by atoms with Gasteiger partial charge in [-0.1, -0.05) is 81.4 Å². The number of rotatable bonds is 7. The average Bonchev–Trinajstić information content (AvgIpc) is 3.54. The minimum Gasteiger partial charge on any atom is -0.458 e. The maximum Gasteiger partial charge on any atom is 0.408 e. The van der Waals surface area contributed by atoms with E-state index in [0.29, 0.717) is 30.7 Å². The molecule has 2 N–H and O–H groups in total. The third-order valence-electron chi connectivity index (χ3n) is 13.1. The molecule has 4 aliphatic rings. The number of para-hydroxylation sites is 1.